The lowest BCUT2D eigenvalue weighted by Gasteiger charge is -2.28. The topological polar surface area (TPSA) is 62.0 Å². The number of nitrogens with one attached hydrogen (secondary N) is 2. The Hall–Kier alpha value is -1.53. The van der Waals surface area contributed by atoms with Crippen LogP contribution in [0, 0.1) is 6.92 Å². The molecule has 0 aromatic carbocycles. The standard InChI is InChI=1S/C19H32N4O2/c1-15-7-8-17(25-15)16(23-10-4-5-11-23)13-21-18(20-3)22-14-19(2)9-6-12-24-19/h7-8,16H,4-6,9-14H2,1-3H3,(H2,20,21,22). The minimum atomic E-state index is -0.0793. The van der Waals surface area contributed by atoms with Gasteiger partial charge in [0.2, 0.25) is 0 Å². The molecule has 6 heteroatoms. The summed E-state index contributed by atoms with van der Waals surface area (Å²) in [5.41, 5.74) is -0.0793. The van der Waals surface area contributed by atoms with Gasteiger partial charge in [0.25, 0.3) is 0 Å². The van der Waals surface area contributed by atoms with E-state index in [1.54, 1.807) is 0 Å². The summed E-state index contributed by atoms with van der Waals surface area (Å²) in [7, 11) is 1.81. The van der Waals surface area contributed by atoms with Gasteiger partial charge in [0.15, 0.2) is 5.96 Å². The Balaban J connectivity index is 1.57. The van der Waals surface area contributed by atoms with E-state index in [9.17, 15) is 0 Å². The van der Waals surface area contributed by atoms with Crippen LogP contribution in [-0.2, 0) is 4.74 Å². The summed E-state index contributed by atoms with van der Waals surface area (Å²) in [6.45, 7) is 8.85. The zero-order chi connectivity index (χ0) is 17.7. The molecule has 1 aromatic heterocycles. The van der Waals surface area contributed by atoms with Crippen LogP contribution < -0.4 is 10.6 Å². The van der Waals surface area contributed by atoms with Crippen LogP contribution in [0.5, 0.6) is 0 Å². The van der Waals surface area contributed by atoms with Crippen molar-refractivity contribution in [2.75, 3.05) is 39.8 Å². The maximum Gasteiger partial charge on any atom is 0.191 e. The Labute approximate surface area is 151 Å². The maximum atomic E-state index is 5.92. The molecule has 6 nitrogen and oxygen atoms in total. The maximum absolute atomic E-state index is 5.92. The third-order valence-corrected chi connectivity index (χ3v) is 5.29. The smallest absolute Gasteiger partial charge is 0.191 e. The van der Waals surface area contributed by atoms with Crippen molar-refractivity contribution in [3.63, 3.8) is 0 Å². The van der Waals surface area contributed by atoms with E-state index in [1.807, 2.05) is 20.0 Å². The molecule has 0 amide bonds. The van der Waals surface area contributed by atoms with Gasteiger partial charge in [-0.2, -0.15) is 0 Å². The molecule has 2 aliphatic rings. The summed E-state index contributed by atoms with van der Waals surface area (Å²) in [5.74, 6) is 2.82. The van der Waals surface area contributed by atoms with Crippen molar-refractivity contribution in [2.45, 2.75) is 51.2 Å². The fourth-order valence-electron chi connectivity index (χ4n) is 3.76. The van der Waals surface area contributed by atoms with Gasteiger partial charge in [-0.3, -0.25) is 9.89 Å². The lowest BCUT2D eigenvalue weighted by molar-refractivity contribution is 0.0242. The van der Waals surface area contributed by atoms with Gasteiger partial charge in [0.05, 0.1) is 11.6 Å². The molecule has 25 heavy (non-hydrogen) atoms. The molecular formula is C19H32N4O2. The number of hydrogen-bond acceptors (Lipinski definition) is 4. The number of guanidine groups is 1. The first-order valence-electron chi connectivity index (χ1n) is 9.48. The fourth-order valence-corrected chi connectivity index (χ4v) is 3.76. The van der Waals surface area contributed by atoms with Crippen LogP contribution in [0.15, 0.2) is 21.5 Å². The average Bonchev–Trinajstić information content (AvgIpc) is 3.34. The molecule has 1 aromatic rings. The lowest BCUT2D eigenvalue weighted by atomic mass is 10.0. The summed E-state index contributed by atoms with van der Waals surface area (Å²) in [6.07, 6.45) is 4.76. The Morgan fingerprint density at radius 1 is 1.28 bits per heavy atom. The number of aryl methyl sites for hydroxylation is 1. The van der Waals surface area contributed by atoms with Gasteiger partial charge >= 0.3 is 0 Å². The normalized spacial score (nSPS) is 26.1. The molecule has 2 aliphatic heterocycles. The molecule has 0 saturated carbocycles. The van der Waals surface area contributed by atoms with Gasteiger partial charge in [-0.1, -0.05) is 0 Å². The predicted octanol–water partition coefficient (Wildman–Crippen LogP) is 2.46. The SMILES string of the molecule is CN=C(NCC(c1ccc(C)o1)N1CCCC1)NCC1(C)CCCO1. The first-order valence-corrected chi connectivity index (χ1v) is 9.48. The Morgan fingerprint density at radius 3 is 2.68 bits per heavy atom. The second-order valence-corrected chi connectivity index (χ2v) is 7.42. The summed E-state index contributed by atoms with van der Waals surface area (Å²) in [4.78, 5) is 6.87. The Morgan fingerprint density at radius 2 is 2.08 bits per heavy atom. The molecule has 2 fully saturated rings. The van der Waals surface area contributed by atoms with Crippen LogP contribution >= 0.6 is 0 Å². The zero-order valence-corrected chi connectivity index (χ0v) is 15.8. The van der Waals surface area contributed by atoms with Gasteiger partial charge < -0.3 is 19.8 Å². The number of likely N-dealkylation sites (tertiary alicyclic amines) is 1. The summed E-state index contributed by atoms with van der Waals surface area (Å²) in [6, 6.07) is 4.39. The highest BCUT2D eigenvalue weighted by atomic mass is 16.5. The number of rotatable bonds is 6. The first kappa shape index (κ1) is 18.3. The van der Waals surface area contributed by atoms with Crippen LogP contribution in [0.4, 0.5) is 0 Å². The highest BCUT2D eigenvalue weighted by molar-refractivity contribution is 5.79. The molecule has 140 valence electrons. The van der Waals surface area contributed by atoms with E-state index in [4.69, 9.17) is 9.15 Å². The van der Waals surface area contributed by atoms with Gasteiger partial charge in [-0.15, -0.1) is 0 Å². The molecule has 3 rings (SSSR count). The first-order chi connectivity index (χ1) is 12.1. The van der Waals surface area contributed by atoms with Crippen molar-refractivity contribution >= 4 is 5.96 Å². The second-order valence-electron chi connectivity index (χ2n) is 7.42. The van der Waals surface area contributed by atoms with Crippen LogP contribution in [-0.4, -0.2) is 56.3 Å². The van der Waals surface area contributed by atoms with Gasteiger partial charge in [-0.05, 0) is 64.8 Å². The highest BCUT2D eigenvalue weighted by Gasteiger charge is 2.30. The van der Waals surface area contributed by atoms with E-state index in [2.05, 4.69) is 33.5 Å². The van der Waals surface area contributed by atoms with Crippen molar-refractivity contribution < 1.29 is 9.15 Å². The molecule has 2 saturated heterocycles. The molecule has 0 aliphatic carbocycles. The summed E-state index contributed by atoms with van der Waals surface area (Å²) < 4.78 is 11.8. The monoisotopic (exact) mass is 348 g/mol. The minimum absolute atomic E-state index is 0.0793. The lowest BCUT2D eigenvalue weighted by Crippen LogP contribution is -2.47. The number of hydrogen-bond donors (Lipinski definition) is 2. The van der Waals surface area contributed by atoms with Crippen molar-refractivity contribution in [1.29, 1.82) is 0 Å². The van der Waals surface area contributed by atoms with Crippen LogP contribution in [0.2, 0.25) is 0 Å². The average molecular weight is 348 g/mol. The van der Waals surface area contributed by atoms with E-state index in [-0.39, 0.29) is 11.6 Å². The second kappa shape index (κ2) is 8.23. The molecule has 2 atom stereocenters. The van der Waals surface area contributed by atoms with Crippen molar-refractivity contribution in [2.24, 2.45) is 4.99 Å². The van der Waals surface area contributed by atoms with Crippen molar-refractivity contribution in [1.82, 2.24) is 15.5 Å². The molecule has 0 spiro atoms. The number of furan rings is 1. The number of aliphatic imine (C=N–C) groups is 1. The molecule has 2 N–H and O–H groups in total. The minimum Gasteiger partial charge on any atom is -0.465 e. The van der Waals surface area contributed by atoms with Crippen LogP contribution in [0.25, 0.3) is 0 Å². The molecular weight excluding hydrogens is 316 g/mol. The van der Waals surface area contributed by atoms with Crippen molar-refractivity contribution in [3.8, 4) is 0 Å². The predicted molar refractivity (Wildman–Crippen MR) is 99.9 cm³/mol. The largest absolute Gasteiger partial charge is 0.465 e. The van der Waals surface area contributed by atoms with Crippen LogP contribution in [0.1, 0.15) is 50.2 Å². The summed E-state index contributed by atoms with van der Waals surface area (Å²) >= 11 is 0. The van der Waals surface area contributed by atoms with E-state index in [0.717, 1.165) is 63.1 Å². The Kier molecular flexibility index (Phi) is 6.02. The quantitative estimate of drug-likeness (QED) is 0.611. The summed E-state index contributed by atoms with van der Waals surface area (Å²) in [5, 5.41) is 6.90. The Bertz CT molecular complexity index is 572. The van der Waals surface area contributed by atoms with Gasteiger partial charge in [0, 0.05) is 26.7 Å². The van der Waals surface area contributed by atoms with E-state index in [1.165, 1.54) is 12.8 Å². The van der Waals surface area contributed by atoms with Crippen molar-refractivity contribution in [3.05, 3.63) is 23.7 Å². The molecule has 2 unspecified atom stereocenters. The highest BCUT2D eigenvalue weighted by Crippen LogP contribution is 2.26. The van der Waals surface area contributed by atoms with Gasteiger partial charge in [-0.25, -0.2) is 0 Å². The zero-order valence-electron chi connectivity index (χ0n) is 15.8. The van der Waals surface area contributed by atoms with E-state index >= 15 is 0 Å². The van der Waals surface area contributed by atoms with Gasteiger partial charge in [0.1, 0.15) is 11.5 Å². The van der Waals surface area contributed by atoms with E-state index < -0.39 is 0 Å². The van der Waals surface area contributed by atoms with Crippen LogP contribution in [0.3, 0.4) is 0 Å². The third kappa shape index (κ3) is 4.76. The number of ether oxygens (including phenoxy) is 1. The molecule has 0 radical (unpaired) electrons. The molecule has 3 heterocycles. The fraction of sp³-hybridized carbons (Fsp3) is 0.737. The molecule has 0 bridgehead atoms. The third-order valence-electron chi connectivity index (χ3n) is 5.29. The number of nitrogens with zero attached hydrogens (tertiary/aromatic N) is 2. The van der Waals surface area contributed by atoms with E-state index in [0.29, 0.717) is 0 Å².